The number of halogens is 3. The van der Waals surface area contributed by atoms with E-state index in [1.165, 1.54) is 0 Å². The monoisotopic (exact) mass is 411 g/mol. The molecule has 9 heteroatoms. The summed E-state index contributed by atoms with van der Waals surface area (Å²) in [7, 11) is 0. The summed E-state index contributed by atoms with van der Waals surface area (Å²) >= 11 is 0. The van der Waals surface area contributed by atoms with Crippen molar-refractivity contribution in [2.75, 3.05) is 18.8 Å². The lowest BCUT2D eigenvalue weighted by Gasteiger charge is -2.17. The van der Waals surface area contributed by atoms with E-state index in [0.29, 0.717) is 28.3 Å². The summed E-state index contributed by atoms with van der Waals surface area (Å²) in [5.74, 6) is 5.11. The van der Waals surface area contributed by atoms with Gasteiger partial charge in [0.1, 0.15) is 23.8 Å². The molecule has 2 N–H and O–H groups in total. The Kier molecular flexibility index (Phi) is 4.99. The van der Waals surface area contributed by atoms with E-state index in [4.69, 9.17) is 5.73 Å². The van der Waals surface area contributed by atoms with E-state index in [9.17, 15) is 18.0 Å². The maximum Gasteiger partial charge on any atom is 0.406 e. The molecule has 4 rings (SSSR count). The topological polar surface area (TPSA) is 85.0 Å². The molecule has 1 aliphatic heterocycles. The van der Waals surface area contributed by atoms with Crippen LogP contribution in [-0.2, 0) is 4.79 Å². The number of alkyl halides is 3. The van der Waals surface area contributed by atoms with Crippen LogP contribution in [0.5, 0.6) is 0 Å². The van der Waals surface area contributed by atoms with Gasteiger partial charge in [0.2, 0.25) is 5.91 Å². The van der Waals surface area contributed by atoms with Crippen LogP contribution in [0.3, 0.4) is 0 Å². The van der Waals surface area contributed by atoms with E-state index in [2.05, 4.69) is 26.8 Å². The number of carbonyl (C=O) groups is 1. The summed E-state index contributed by atoms with van der Waals surface area (Å²) in [4.78, 5) is 25.8. The number of hydrogen-bond acceptors (Lipinski definition) is 5. The molecule has 0 unspecified atom stereocenters. The van der Waals surface area contributed by atoms with Gasteiger partial charge in [-0.2, -0.15) is 13.2 Å². The second kappa shape index (κ2) is 7.63. The van der Waals surface area contributed by atoms with Gasteiger partial charge in [-0.1, -0.05) is 24.0 Å². The second-order valence-corrected chi connectivity index (χ2v) is 6.89. The van der Waals surface area contributed by atoms with E-state index in [0.717, 1.165) is 10.3 Å². The molecule has 0 bridgehead atoms. The largest absolute Gasteiger partial charge is 0.406 e. The fourth-order valence-corrected chi connectivity index (χ4v) is 3.27. The van der Waals surface area contributed by atoms with Crippen LogP contribution in [0.2, 0.25) is 0 Å². The van der Waals surface area contributed by atoms with Crippen LogP contribution in [0.1, 0.15) is 12.0 Å². The number of amides is 1. The molecule has 1 aliphatic rings. The van der Waals surface area contributed by atoms with Crippen LogP contribution in [0, 0.1) is 17.8 Å². The van der Waals surface area contributed by atoms with Crippen LogP contribution in [0.15, 0.2) is 42.7 Å². The molecule has 1 fully saturated rings. The van der Waals surface area contributed by atoms with Gasteiger partial charge in [0.25, 0.3) is 0 Å². The third kappa shape index (κ3) is 4.17. The Morgan fingerprint density at radius 3 is 2.87 bits per heavy atom. The summed E-state index contributed by atoms with van der Waals surface area (Å²) in [5, 5.41) is 0.769. The highest BCUT2D eigenvalue weighted by atomic mass is 19.4. The second-order valence-electron chi connectivity index (χ2n) is 6.89. The first-order valence-electron chi connectivity index (χ1n) is 9.15. The van der Waals surface area contributed by atoms with E-state index in [1.54, 1.807) is 36.7 Å². The first-order chi connectivity index (χ1) is 14.3. The predicted molar refractivity (Wildman–Crippen MR) is 105 cm³/mol. The lowest BCUT2D eigenvalue weighted by atomic mass is 10.1. The fraction of sp³-hybridized carbons (Fsp3) is 0.238. The Hall–Kier alpha value is -3.67. The maximum absolute atomic E-state index is 12.5. The quantitative estimate of drug-likeness (QED) is 0.656. The molecule has 0 aliphatic carbocycles. The summed E-state index contributed by atoms with van der Waals surface area (Å²) in [6.45, 7) is -1.19. The SMILES string of the molecule is Nc1nccc2cnc(-c3cccc(C#C[C@H]4CCN(CC(F)(F)F)C4=O)c3)nc12. The highest BCUT2D eigenvalue weighted by molar-refractivity contribution is 5.87. The summed E-state index contributed by atoms with van der Waals surface area (Å²) in [5.41, 5.74) is 7.73. The van der Waals surface area contributed by atoms with Crippen molar-refractivity contribution in [3.05, 3.63) is 48.3 Å². The molecule has 30 heavy (non-hydrogen) atoms. The number of aromatic nitrogens is 3. The summed E-state index contributed by atoms with van der Waals surface area (Å²) in [6.07, 6.45) is -0.899. The van der Waals surface area contributed by atoms with Crippen molar-refractivity contribution in [3.63, 3.8) is 0 Å². The fourth-order valence-electron chi connectivity index (χ4n) is 3.27. The van der Waals surface area contributed by atoms with Crippen LogP contribution in [0.25, 0.3) is 22.3 Å². The Bertz CT molecular complexity index is 1180. The molecule has 0 radical (unpaired) electrons. The van der Waals surface area contributed by atoms with Gasteiger partial charge in [0.05, 0.1) is 0 Å². The number of likely N-dealkylation sites (tertiary alicyclic amines) is 1. The van der Waals surface area contributed by atoms with Gasteiger partial charge in [0.15, 0.2) is 5.82 Å². The number of nitrogen functional groups attached to an aromatic ring is 1. The van der Waals surface area contributed by atoms with Gasteiger partial charge < -0.3 is 10.6 Å². The van der Waals surface area contributed by atoms with E-state index < -0.39 is 24.5 Å². The summed E-state index contributed by atoms with van der Waals surface area (Å²) in [6, 6.07) is 8.85. The Morgan fingerprint density at radius 2 is 2.07 bits per heavy atom. The normalized spacial score (nSPS) is 16.6. The molecular formula is C21H16F3N5O. The lowest BCUT2D eigenvalue weighted by molar-refractivity contribution is -0.158. The minimum Gasteiger partial charge on any atom is -0.382 e. The zero-order chi connectivity index (χ0) is 21.3. The number of rotatable bonds is 2. The molecule has 152 valence electrons. The molecule has 1 atom stereocenters. The van der Waals surface area contributed by atoms with Crippen molar-refractivity contribution in [1.82, 2.24) is 19.9 Å². The van der Waals surface area contributed by atoms with Crippen LogP contribution in [-0.4, -0.2) is 45.0 Å². The van der Waals surface area contributed by atoms with Crippen molar-refractivity contribution in [3.8, 4) is 23.2 Å². The van der Waals surface area contributed by atoms with Crippen molar-refractivity contribution >= 4 is 22.6 Å². The number of hydrogen-bond donors (Lipinski definition) is 1. The molecule has 0 saturated carbocycles. The van der Waals surface area contributed by atoms with Gasteiger partial charge in [0, 0.05) is 35.5 Å². The number of anilines is 1. The van der Waals surface area contributed by atoms with E-state index in [1.807, 2.05) is 6.07 Å². The molecular weight excluding hydrogens is 395 g/mol. The van der Waals surface area contributed by atoms with Gasteiger partial charge in [-0.05, 0) is 24.6 Å². The Labute approximate surface area is 169 Å². The smallest absolute Gasteiger partial charge is 0.382 e. The standard InChI is InChI=1S/C21H16F3N5O/c22-21(23,24)12-29-9-7-14(20(29)30)5-4-13-2-1-3-15(10-13)19-27-11-16-6-8-26-18(25)17(16)28-19/h1-3,6,8,10-11,14H,7,9,12H2,(H2,25,26)/t14-/m0/s1. The van der Waals surface area contributed by atoms with Gasteiger partial charge in [-0.25, -0.2) is 15.0 Å². The molecule has 1 aromatic carbocycles. The van der Waals surface area contributed by atoms with E-state index in [-0.39, 0.29) is 13.0 Å². The average Bonchev–Trinajstić information content (AvgIpc) is 3.05. The number of carbonyl (C=O) groups excluding carboxylic acids is 1. The van der Waals surface area contributed by atoms with Crippen molar-refractivity contribution in [1.29, 1.82) is 0 Å². The minimum absolute atomic E-state index is 0.0537. The molecule has 2 aromatic heterocycles. The molecule has 1 saturated heterocycles. The third-order valence-electron chi connectivity index (χ3n) is 4.71. The Morgan fingerprint density at radius 1 is 1.23 bits per heavy atom. The number of benzene rings is 1. The molecule has 6 nitrogen and oxygen atoms in total. The van der Waals surface area contributed by atoms with Crippen molar-refractivity contribution in [2.24, 2.45) is 5.92 Å². The summed E-state index contributed by atoms with van der Waals surface area (Å²) < 4.78 is 37.6. The predicted octanol–water partition coefficient (Wildman–Crippen LogP) is 3.04. The van der Waals surface area contributed by atoms with Crippen LogP contribution < -0.4 is 5.73 Å². The molecule has 0 spiro atoms. The van der Waals surface area contributed by atoms with Crippen LogP contribution in [0.4, 0.5) is 19.0 Å². The van der Waals surface area contributed by atoms with E-state index >= 15 is 0 Å². The lowest BCUT2D eigenvalue weighted by Crippen LogP contribution is -2.36. The minimum atomic E-state index is -4.41. The molecule has 1 amide bonds. The zero-order valence-corrected chi connectivity index (χ0v) is 15.6. The first-order valence-corrected chi connectivity index (χ1v) is 9.15. The zero-order valence-electron chi connectivity index (χ0n) is 15.6. The average molecular weight is 411 g/mol. The molecule has 3 aromatic rings. The number of nitrogens with zero attached hydrogens (tertiary/aromatic N) is 4. The van der Waals surface area contributed by atoms with Crippen molar-refractivity contribution in [2.45, 2.75) is 12.6 Å². The first kappa shape index (κ1) is 19.6. The number of pyridine rings is 1. The Balaban J connectivity index is 1.56. The van der Waals surface area contributed by atoms with Gasteiger partial charge in [-0.3, -0.25) is 4.79 Å². The van der Waals surface area contributed by atoms with Gasteiger partial charge >= 0.3 is 6.18 Å². The highest BCUT2D eigenvalue weighted by Crippen LogP contribution is 2.24. The van der Waals surface area contributed by atoms with Gasteiger partial charge in [-0.15, -0.1) is 0 Å². The number of nitrogens with two attached hydrogens (primary N) is 1. The van der Waals surface area contributed by atoms with Crippen molar-refractivity contribution < 1.29 is 18.0 Å². The number of fused-ring (bicyclic) bond motifs is 1. The third-order valence-corrected chi connectivity index (χ3v) is 4.71. The van der Waals surface area contributed by atoms with Crippen LogP contribution >= 0.6 is 0 Å². The molecule has 3 heterocycles. The maximum atomic E-state index is 12.5. The highest BCUT2D eigenvalue weighted by Gasteiger charge is 2.38.